The largest absolute Gasteiger partial charge is 0.494 e. The van der Waals surface area contributed by atoms with Crippen LogP contribution in [0.3, 0.4) is 0 Å². The fourth-order valence-electron chi connectivity index (χ4n) is 6.17. The number of benzene rings is 1. The van der Waals surface area contributed by atoms with Crippen LogP contribution in [0.1, 0.15) is 42.5 Å². The van der Waals surface area contributed by atoms with Crippen LogP contribution >= 0.6 is 20.8 Å². The average molecular weight is 564 g/mol. The minimum Gasteiger partial charge on any atom is -0.494 e. The van der Waals surface area contributed by atoms with Crippen molar-refractivity contribution in [1.82, 2.24) is 19.9 Å². The molecule has 6 rings (SSSR count). The zero-order chi connectivity index (χ0) is 26.8. The van der Waals surface area contributed by atoms with E-state index < -0.39 is 0 Å². The van der Waals surface area contributed by atoms with Crippen molar-refractivity contribution in [3.05, 3.63) is 70.8 Å². The number of rotatable bonds is 8. The molecule has 1 unspecified atom stereocenters. The summed E-state index contributed by atoms with van der Waals surface area (Å²) < 4.78 is 6.12. The predicted molar refractivity (Wildman–Crippen MR) is 157 cm³/mol. The van der Waals surface area contributed by atoms with E-state index in [1.165, 1.54) is 24.8 Å². The lowest BCUT2D eigenvalue weighted by Gasteiger charge is -2.32. The van der Waals surface area contributed by atoms with Gasteiger partial charge in [-0.15, -0.1) is 9.24 Å². The number of amides is 1. The van der Waals surface area contributed by atoms with Crippen molar-refractivity contribution in [1.29, 1.82) is 0 Å². The average Bonchev–Trinajstić information content (AvgIpc) is 3.74. The molecule has 4 heterocycles. The molecule has 2 aromatic heterocycles. The molecule has 7 nitrogen and oxygen atoms in total. The minimum absolute atomic E-state index is 0.148. The summed E-state index contributed by atoms with van der Waals surface area (Å²) in [6, 6.07) is 10.1. The lowest BCUT2D eigenvalue weighted by Crippen LogP contribution is -2.37. The quantitative estimate of drug-likeness (QED) is 0.377. The van der Waals surface area contributed by atoms with E-state index >= 15 is 0 Å². The van der Waals surface area contributed by atoms with Crippen LogP contribution in [0.2, 0.25) is 5.02 Å². The van der Waals surface area contributed by atoms with E-state index in [0.717, 1.165) is 85.1 Å². The molecule has 1 aliphatic carbocycles. The lowest BCUT2D eigenvalue weighted by atomic mass is 9.90. The Morgan fingerprint density at radius 1 is 1.10 bits per heavy atom. The van der Waals surface area contributed by atoms with E-state index in [1.807, 2.05) is 29.2 Å². The molecular weight excluding hydrogens is 529 g/mol. The number of carbonyl (C=O) groups is 1. The number of nitrogens with zero attached hydrogens (tertiary/aromatic N) is 5. The number of halogens is 1. The molecule has 204 valence electrons. The van der Waals surface area contributed by atoms with Crippen molar-refractivity contribution in [2.75, 3.05) is 31.1 Å². The Bertz CT molecular complexity index is 1310. The van der Waals surface area contributed by atoms with Gasteiger partial charge < -0.3 is 14.5 Å². The highest BCUT2D eigenvalue weighted by atomic mass is 35.5. The van der Waals surface area contributed by atoms with Gasteiger partial charge in [-0.3, -0.25) is 9.78 Å². The number of hydrogen-bond donors (Lipinski definition) is 0. The molecule has 3 atom stereocenters. The second-order valence-electron chi connectivity index (χ2n) is 11.0. The third-order valence-corrected chi connectivity index (χ3v) is 9.29. The second kappa shape index (κ2) is 11.8. The third kappa shape index (κ3) is 6.36. The maximum atomic E-state index is 13.0. The van der Waals surface area contributed by atoms with Gasteiger partial charge in [0.05, 0.1) is 42.7 Å². The highest BCUT2D eigenvalue weighted by molar-refractivity contribution is 7.27. The van der Waals surface area contributed by atoms with Gasteiger partial charge in [0.25, 0.3) is 0 Å². The zero-order valence-corrected chi connectivity index (χ0v) is 24.0. The monoisotopic (exact) mass is 563 g/mol. The fourth-order valence-corrected chi connectivity index (χ4v) is 6.63. The fraction of sp³-hybridized carbons (Fsp3) is 0.467. The van der Waals surface area contributed by atoms with Crippen LogP contribution in [-0.2, 0) is 24.2 Å². The summed E-state index contributed by atoms with van der Waals surface area (Å²) in [6.45, 7) is 4.12. The van der Waals surface area contributed by atoms with Crippen LogP contribution in [0.25, 0.3) is 0 Å². The maximum Gasteiger partial charge on any atom is 0.227 e. The molecule has 2 aliphatic heterocycles. The van der Waals surface area contributed by atoms with Crippen LogP contribution < -0.4 is 14.9 Å². The van der Waals surface area contributed by atoms with Crippen LogP contribution in [0.4, 0.5) is 5.95 Å². The van der Waals surface area contributed by atoms with Crippen molar-refractivity contribution < 1.29 is 9.53 Å². The highest BCUT2D eigenvalue weighted by Gasteiger charge is 2.43. The number of hydrogen-bond acceptors (Lipinski definition) is 6. The summed E-state index contributed by atoms with van der Waals surface area (Å²) in [5.41, 5.74) is 3.30. The minimum atomic E-state index is 0.148. The number of pyridine rings is 1. The van der Waals surface area contributed by atoms with Gasteiger partial charge >= 0.3 is 0 Å². The van der Waals surface area contributed by atoms with Gasteiger partial charge in [-0.05, 0) is 84.5 Å². The molecule has 0 radical (unpaired) electrons. The first kappa shape index (κ1) is 26.5. The molecule has 1 amide bonds. The molecule has 1 saturated heterocycles. The first-order valence-corrected chi connectivity index (χ1v) is 14.9. The SMILES string of the molecule is O=C(Cc1ccc(OCC[C@@H]2C[C@@H]2C2CCN(c3ncc(Cl)cn3)CC2)cc1P)N1CCc2cccnc2C1. The first-order valence-electron chi connectivity index (χ1n) is 14.0. The van der Waals surface area contributed by atoms with Crippen molar-refractivity contribution in [2.45, 2.75) is 45.1 Å². The number of aromatic nitrogens is 3. The third-order valence-electron chi connectivity index (χ3n) is 8.56. The number of fused-ring (bicyclic) bond motifs is 1. The molecular formula is C30H35ClN5O2P. The number of ether oxygens (including phenoxy) is 1. The molecule has 0 bridgehead atoms. The van der Waals surface area contributed by atoms with Crippen molar-refractivity contribution in [3.63, 3.8) is 0 Å². The Labute approximate surface area is 237 Å². The number of anilines is 1. The van der Waals surface area contributed by atoms with Gasteiger partial charge in [0, 0.05) is 25.8 Å². The van der Waals surface area contributed by atoms with Crippen LogP contribution in [0, 0.1) is 17.8 Å². The summed E-state index contributed by atoms with van der Waals surface area (Å²) in [6.07, 6.45) is 11.2. The Morgan fingerprint density at radius 3 is 2.72 bits per heavy atom. The molecule has 9 heteroatoms. The van der Waals surface area contributed by atoms with E-state index in [2.05, 4.69) is 35.2 Å². The van der Waals surface area contributed by atoms with Crippen molar-refractivity contribution in [2.24, 2.45) is 17.8 Å². The molecule has 0 spiro atoms. The van der Waals surface area contributed by atoms with E-state index in [0.29, 0.717) is 18.0 Å². The van der Waals surface area contributed by atoms with Gasteiger partial charge in [-0.1, -0.05) is 23.7 Å². The molecule has 2 fully saturated rings. The summed E-state index contributed by atoms with van der Waals surface area (Å²) in [4.78, 5) is 30.4. The topological polar surface area (TPSA) is 71.5 Å². The zero-order valence-electron chi connectivity index (χ0n) is 22.1. The predicted octanol–water partition coefficient (Wildman–Crippen LogP) is 4.47. The van der Waals surface area contributed by atoms with Gasteiger partial charge in [0.2, 0.25) is 11.9 Å². The number of piperidine rings is 1. The van der Waals surface area contributed by atoms with E-state index in [-0.39, 0.29) is 5.91 Å². The summed E-state index contributed by atoms with van der Waals surface area (Å²) in [5.74, 6) is 4.19. The van der Waals surface area contributed by atoms with Crippen molar-refractivity contribution in [3.8, 4) is 5.75 Å². The second-order valence-corrected chi connectivity index (χ2v) is 12.1. The van der Waals surface area contributed by atoms with Gasteiger partial charge in [-0.2, -0.15) is 0 Å². The van der Waals surface area contributed by atoms with Gasteiger partial charge in [0.1, 0.15) is 5.75 Å². The number of carbonyl (C=O) groups excluding carboxylic acids is 1. The highest BCUT2D eigenvalue weighted by Crippen LogP contribution is 2.49. The van der Waals surface area contributed by atoms with Gasteiger partial charge in [0.15, 0.2) is 0 Å². The molecule has 3 aromatic rings. The molecule has 3 aliphatic rings. The Morgan fingerprint density at radius 2 is 1.92 bits per heavy atom. The Kier molecular flexibility index (Phi) is 7.99. The maximum absolute atomic E-state index is 13.0. The molecule has 0 N–H and O–H groups in total. The normalized spacial score (nSPS) is 21.0. The van der Waals surface area contributed by atoms with E-state index in [9.17, 15) is 4.79 Å². The summed E-state index contributed by atoms with van der Waals surface area (Å²) in [5, 5.41) is 1.60. The van der Waals surface area contributed by atoms with Crippen LogP contribution in [-0.4, -0.2) is 52.0 Å². The van der Waals surface area contributed by atoms with E-state index in [4.69, 9.17) is 16.3 Å². The molecule has 1 aromatic carbocycles. The van der Waals surface area contributed by atoms with Crippen LogP contribution in [0.5, 0.6) is 5.75 Å². The molecule has 39 heavy (non-hydrogen) atoms. The Balaban J connectivity index is 0.924. The van der Waals surface area contributed by atoms with E-state index in [1.54, 1.807) is 18.6 Å². The summed E-state index contributed by atoms with van der Waals surface area (Å²) in [7, 11) is 2.78. The van der Waals surface area contributed by atoms with Crippen molar-refractivity contribution >= 4 is 38.0 Å². The lowest BCUT2D eigenvalue weighted by molar-refractivity contribution is -0.131. The smallest absolute Gasteiger partial charge is 0.227 e. The summed E-state index contributed by atoms with van der Waals surface area (Å²) >= 11 is 5.92. The standard InChI is InChI=1S/C30H35ClN5O2P/c31-24-17-33-30(34-18-24)35-10-5-20(6-11-35)26-14-22(26)8-13-38-25-4-3-23(28(39)16-25)15-29(37)36-12-7-21-2-1-9-32-27(21)19-36/h1-4,9,16-18,20,22,26H,5-8,10-15,19,39H2/t22-,26-/m1/s1. The molecule has 1 saturated carbocycles. The van der Waals surface area contributed by atoms with Crippen LogP contribution in [0.15, 0.2) is 48.9 Å². The Hall–Kier alpha value is -2.76. The van der Waals surface area contributed by atoms with Gasteiger partial charge in [-0.25, -0.2) is 9.97 Å². The first-order chi connectivity index (χ1) is 19.0.